The minimum absolute atomic E-state index is 0.128. The monoisotopic (exact) mass is 664 g/mol. The average molecular weight is 665 g/mol. The predicted octanol–water partition coefficient (Wildman–Crippen LogP) is 8.28. The summed E-state index contributed by atoms with van der Waals surface area (Å²) in [6.07, 6.45) is 2.72. The minimum atomic E-state index is -1.35. The van der Waals surface area contributed by atoms with Gasteiger partial charge in [0.1, 0.15) is 0 Å². The van der Waals surface area contributed by atoms with Crippen molar-refractivity contribution in [3.05, 3.63) is 191 Å². The van der Waals surface area contributed by atoms with Gasteiger partial charge in [-0.3, -0.25) is 9.59 Å². The van der Waals surface area contributed by atoms with Crippen molar-refractivity contribution in [1.82, 2.24) is 0 Å². The van der Waals surface area contributed by atoms with E-state index in [4.69, 9.17) is 0 Å². The predicted molar refractivity (Wildman–Crippen MR) is 208 cm³/mol. The van der Waals surface area contributed by atoms with Gasteiger partial charge in [-0.25, -0.2) is 0 Å². The zero-order valence-corrected chi connectivity index (χ0v) is 28.4. The van der Waals surface area contributed by atoms with Crippen molar-refractivity contribution in [2.24, 2.45) is 0 Å². The summed E-state index contributed by atoms with van der Waals surface area (Å²) in [4.78, 5) is 30.9. The van der Waals surface area contributed by atoms with Gasteiger partial charge in [0.15, 0.2) is 11.6 Å². The molecule has 2 aliphatic carbocycles. The largest absolute Gasteiger partial charge is 0.288 e. The molecule has 0 fully saturated rings. The molecular weight excluding hydrogens is 634 g/mol. The van der Waals surface area contributed by atoms with Gasteiger partial charge in [0, 0.05) is 10.6 Å². The molecule has 49 heavy (non-hydrogen) atoms. The Morgan fingerprint density at radius 1 is 0.408 bits per heavy atom. The van der Waals surface area contributed by atoms with Crippen LogP contribution in [0.25, 0.3) is 33.2 Å². The van der Waals surface area contributed by atoms with E-state index in [-0.39, 0.29) is 11.6 Å². The van der Waals surface area contributed by atoms with Gasteiger partial charge < -0.3 is 0 Å². The van der Waals surface area contributed by atoms with Crippen LogP contribution in [0.1, 0.15) is 12.0 Å². The molecule has 0 aliphatic heterocycles. The molecule has 0 aromatic heterocycles. The highest BCUT2D eigenvalue weighted by molar-refractivity contribution is 7.82. The van der Waals surface area contributed by atoms with Gasteiger partial charge in [-0.15, -0.1) is 0 Å². The van der Waals surface area contributed by atoms with Gasteiger partial charge in [-0.1, -0.05) is 170 Å². The smallest absolute Gasteiger partial charge is 0.199 e. The third-order valence-corrected chi connectivity index (χ3v) is 14.8. The topological polar surface area (TPSA) is 34.1 Å². The lowest BCUT2D eigenvalue weighted by Gasteiger charge is -2.25. The summed E-state index contributed by atoms with van der Waals surface area (Å²) in [6.45, 7) is 0. The highest BCUT2D eigenvalue weighted by atomic mass is 31.1. The summed E-state index contributed by atoms with van der Waals surface area (Å²) in [6, 6.07) is 56.1. The molecule has 9 rings (SSSR count). The molecule has 0 bridgehead atoms. The Labute approximate surface area is 287 Å². The Balaban J connectivity index is 1.36. The van der Waals surface area contributed by atoms with Crippen molar-refractivity contribution in [2.45, 2.75) is 6.42 Å². The maximum Gasteiger partial charge on any atom is 0.199 e. The number of Topliss-reactive ketones (excluding diaryl/α,β-unsaturated/α-hetero) is 2. The Morgan fingerprint density at radius 3 is 1.29 bits per heavy atom. The standard InChI is InChI=1S/C45H30O2P2/c46-42-41(38-29-27-32-25-24-30-14-13-15-31-26-28-37(38)40(32)39(30)31)43(47)45(49(35-20-9-3-10-21-35)36-22-11-4-12-23-36)44(42)48(33-16-5-1-6-17-33)34-18-7-2-8-19-34/h1-28H,29H2. The molecule has 2 nitrogen and oxygen atoms in total. The van der Waals surface area contributed by atoms with Crippen molar-refractivity contribution < 1.29 is 9.59 Å². The van der Waals surface area contributed by atoms with Gasteiger partial charge in [0.05, 0.1) is 5.57 Å². The van der Waals surface area contributed by atoms with Crippen LogP contribution in [-0.2, 0) is 9.59 Å². The fraction of sp³-hybridized carbons (Fsp3) is 0.0222. The quantitative estimate of drug-likeness (QED) is 0.102. The highest BCUT2D eigenvalue weighted by Gasteiger charge is 2.46. The molecule has 0 atom stereocenters. The first-order chi connectivity index (χ1) is 24.2. The van der Waals surface area contributed by atoms with Gasteiger partial charge in [0.25, 0.3) is 0 Å². The lowest BCUT2D eigenvalue weighted by molar-refractivity contribution is -0.115. The molecule has 0 unspecified atom stereocenters. The SMILES string of the molecule is O=C1C(=C2CC=c3ccc4cccc5ccc2c3c54)C(=O)C(P(c2ccccc2)c2ccccc2)=C1P(c1ccccc1)c1ccccc1. The van der Waals surface area contributed by atoms with E-state index in [0.717, 1.165) is 53.7 Å². The van der Waals surface area contributed by atoms with Crippen LogP contribution < -0.4 is 26.4 Å². The minimum Gasteiger partial charge on any atom is -0.288 e. The number of benzene rings is 7. The zero-order valence-electron chi connectivity index (χ0n) is 26.6. The van der Waals surface area contributed by atoms with Gasteiger partial charge in [-0.2, -0.15) is 0 Å². The molecule has 0 amide bonds. The van der Waals surface area contributed by atoms with Crippen LogP contribution in [0.5, 0.6) is 0 Å². The lowest BCUT2D eigenvalue weighted by Crippen LogP contribution is -2.18. The second-order valence-corrected chi connectivity index (χ2v) is 16.7. The normalized spacial score (nSPS) is 14.5. The first-order valence-electron chi connectivity index (χ1n) is 16.5. The fourth-order valence-electron chi connectivity index (χ4n) is 7.46. The van der Waals surface area contributed by atoms with E-state index in [1.54, 1.807) is 0 Å². The van der Waals surface area contributed by atoms with E-state index in [1.807, 2.05) is 72.8 Å². The third kappa shape index (κ3) is 4.95. The summed E-state index contributed by atoms with van der Waals surface area (Å²) in [7, 11) is -2.70. The molecular formula is C45H30O2P2. The van der Waals surface area contributed by atoms with E-state index in [1.165, 1.54) is 5.39 Å². The van der Waals surface area contributed by atoms with E-state index in [0.29, 0.717) is 22.6 Å². The molecule has 0 N–H and O–H groups in total. The highest BCUT2D eigenvalue weighted by Crippen LogP contribution is 2.59. The van der Waals surface area contributed by atoms with Gasteiger partial charge >= 0.3 is 0 Å². The van der Waals surface area contributed by atoms with Crippen molar-refractivity contribution in [3.8, 4) is 0 Å². The van der Waals surface area contributed by atoms with Crippen LogP contribution in [-0.4, -0.2) is 11.6 Å². The van der Waals surface area contributed by atoms with Crippen LogP contribution >= 0.6 is 15.8 Å². The molecule has 4 heteroatoms. The Morgan fingerprint density at radius 2 is 0.837 bits per heavy atom. The van der Waals surface area contributed by atoms with E-state index in [2.05, 4.69) is 97.1 Å². The van der Waals surface area contributed by atoms with E-state index < -0.39 is 15.8 Å². The Kier molecular flexibility index (Phi) is 7.50. The van der Waals surface area contributed by atoms with Crippen LogP contribution in [0, 0.1) is 0 Å². The van der Waals surface area contributed by atoms with E-state index >= 15 is 9.59 Å². The maximum absolute atomic E-state index is 15.5. The molecule has 0 saturated carbocycles. The third-order valence-electron chi connectivity index (χ3n) is 9.58. The van der Waals surface area contributed by atoms with Gasteiger partial charge in [-0.05, 0) is 81.4 Å². The van der Waals surface area contributed by atoms with Crippen LogP contribution in [0.3, 0.4) is 0 Å². The molecule has 0 heterocycles. The Hall–Kier alpha value is -5.26. The van der Waals surface area contributed by atoms with E-state index in [9.17, 15) is 0 Å². The number of carbonyl (C=O) groups is 2. The summed E-state index contributed by atoms with van der Waals surface area (Å²) >= 11 is 0. The fourth-order valence-corrected chi connectivity index (χ4v) is 12.8. The van der Waals surface area contributed by atoms with Crippen molar-refractivity contribution in [1.29, 1.82) is 0 Å². The first kappa shape index (κ1) is 29.8. The molecule has 7 aromatic rings. The second kappa shape index (κ2) is 12.3. The number of allylic oxidation sites excluding steroid dienone is 4. The molecule has 0 spiro atoms. The number of ketones is 2. The maximum atomic E-state index is 15.5. The number of hydrogen-bond donors (Lipinski definition) is 0. The Bertz CT molecular complexity index is 2340. The summed E-state index contributed by atoms with van der Waals surface area (Å²) < 4.78 is 0. The molecule has 0 radical (unpaired) electrons. The van der Waals surface area contributed by atoms with Crippen molar-refractivity contribution in [2.75, 3.05) is 0 Å². The number of hydrogen-bond acceptors (Lipinski definition) is 2. The van der Waals surface area contributed by atoms with Crippen molar-refractivity contribution in [3.63, 3.8) is 0 Å². The van der Waals surface area contributed by atoms with Crippen LogP contribution in [0.4, 0.5) is 0 Å². The second-order valence-electron chi connectivity index (χ2n) is 12.4. The molecule has 2 aliphatic rings. The van der Waals surface area contributed by atoms with Crippen LogP contribution in [0.2, 0.25) is 0 Å². The van der Waals surface area contributed by atoms with Crippen LogP contribution in [0.15, 0.2) is 180 Å². The molecule has 0 saturated heterocycles. The zero-order chi connectivity index (χ0) is 32.9. The number of carbonyl (C=O) groups excluding carboxylic acids is 2. The average Bonchev–Trinajstić information content (AvgIpc) is 3.41. The molecule has 232 valence electrons. The summed E-state index contributed by atoms with van der Waals surface area (Å²) in [5.74, 6) is -0.256. The molecule has 7 aromatic carbocycles. The lowest BCUT2D eigenvalue weighted by atomic mass is 9.84. The summed E-state index contributed by atoms with van der Waals surface area (Å²) in [5, 5.41) is 11.3. The summed E-state index contributed by atoms with van der Waals surface area (Å²) in [5.41, 5.74) is 2.16. The first-order valence-corrected chi connectivity index (χ1v) is 19.2. The van der Waals surface area contributed by atoms with Crippen molar-refractivity contribution >= 4 is 81.8 Å². The van der Waals surface area contributed by atoms with Gasteiger partial charge in [0.2, 0.25) is 0 Å². The number of rotatable bonds is 6.